The van der Waals surface area contributed by atoms with Gasteiger partial charge in [-0.05, 0) is 18.9 Å². The van der Waals surface area contributed by atoms with Gasteiger partial charge in [-0.3, -0.25) is 6.08 Å². The summed E-state index contributed by atoms with van der Waals surface area (Å²) in [6.07, 6.45) is 11.5. The molecule has 6 rings (SSSR count). The van der Waals surface area contributed by atoms with Crippen LogP contribution in [-0.2, 0) is 30.7 Å². The van der Waals surface area contributed by atoms with Crippen LogP contribution in [0.5, 0.6) is 0 Å². The largest absolute Gasteiger partial charge is 1.00 e. The molecule has 0 N–H and O–H groups in total. The normalized spacial score (nSPS) is 13.9. The first-order chi connectivity index (χ1) is 20.4. The molecule has 2 aliphatic rings. The smallest absolute Gasteiger partial charge is 1.00 e. The SMILES string of the molecule is CCCC1[C-]=CC(C(C)(C)C)=C1.Cc1[c-]c2c(cc1)-c1ccc(C)cc1C2.Cc1ccc([C](=[Zr+2])c2ccc(C)cc2)cc1.[Cl-].[Cl-]. The second-order valence-corrected chi connectivity index (χ2v) is 14.3. The Morgan fingerprint density at radius 3 is 1.80 bits per heavy atom. The van der Waals surface area contributed by atoms with E-state index in [1.165, 1.54) is 101 Å². The van der Waals surface area contributed by atoms with Gasteiger partial charge >= 0.3 is 112 Å². The van der Waals surface area contributed by atoms with Crippen molar-refractivity contribution < 1.29 is 49.0 Å². The molecule has 45 heavy (non-hydrogen) atoms. The van der Waals surface area contributed by atoms with Gasteiger partial charge in [-0.15, -0.1) is 11.1 Å². The Hall–Kier alpha value is -2.31. The van der Waals surface area contributed by atoms with E-state index in [0.717, 1.165) is 6.42 Å². The van der Waals surface area contributed by atoms with E-state index in [2.05, 4.69) is 159 Å². The Balaban J connectivity index is 0.000000233. The van der Waals surface area contributed by atoms with Gasteiger partial charge in [-0.1, -0.05) is 88.1 Å². The summed E-state index contributed by atoms with van der Waals surface area (Å²) >= 11 is 1.46. The Labute approximate surface area is 300 Å². The number of hydrogen-bond donors (Lipinski definition) is 0. The number of rotatable bonds is 4. The third-order valence-electron chi connectivity index (χ3n) is 8.07. The molecule has 3 heteroatoms. The average Bonchev–Trinajstić information content (AvgIpc) is 3.58. The van der Waals surface area contributed by atoms with Crippen molar-refractivity contribution in [1.29, 1.82) is 0 Å². The molecule has 234 valence electrons. The van der Waals surface area contributed by atoms with E-state index >= 15 is 0 Å². The fraction of sp³-hybridized carbons (Fsp3) is 0.310. The van der Waals surface area contributed by atoms with E-state index in [0.29, 0.717) is 11.3 Å². The molecule has 0 radical (unpaired) electrons. The number of fused-ring (bicyclic) bond motifs is 3. The van der Waals surface area contributed by atoms with E-state index in [1.807, 2.05) is 0 Å². The summed E-state index contributed by atoms with van der Waals surface area (Å²) in [5.41, 5.74) is 15.2. The molecule has 0 heterocycles. The molecule has 0 saturated carbocycles. The molecule has 1 unspecified atom stereocenters. The van der Waals surface area contributed by atoms with Crippen molar-refractivity contribution in [2.45, 2.75) is 74.7 Å². The summed E-state index contributed by atoms with van der Waals surface area (Å²) in [5, 5.41) is 0. The van der Waals surface area contributed by atoms with Crippen molar-refractivity contribution in [3.63, 3.8) is 0 Å². The van der Waals surface area contributed by atoms with Gasteiger partial charge < -0.3 is 24.8 Å². The van der Waals surface area contributed by atoms with Gasteiger partial charge in [-0.25, -0.2) is 6.08 Å². The predicted molar refractivity (Wildman–Crippen MR) is 182 cm³/mol. The number of allylic oxidation sites excluding steroid dienone is 4. The summed E-state index contributed by atoms with van der Waals surface area (Å²) < 4.78 is 1.42. The first-order valence-corrected chi connectivity index (χ1v) is 16.8. The zero-order chi connectivity index (χ0) is 31.1. The monoisotopic (exact) mass is 710 g/mol. The maximum absolute atomic E-state index is 3.45. The maximum Gasteiger partial charge on any atom is -1.00 e. The quantitative estimate of drug-likeness (QED) is 0.234. The zero-order valence-electron chi connectivity index (χ0n) is 28.1. The molecule has 4 aromatic carbocycles. The van der Waals surface area contributed by atoms with Crippen LogP contribution in [0.1, 0.15) is 85.0 Å². The fourth-order valence-corrected chi connectivity index (χ4v) is 6.25. The Bertz CT molecular complexity index is 1520. The van der Waals surface area contributed by atoms with Crippen LogP contribution in [-0.4, -0.2) is 3.21 Å². The minimum Gasteiger partial charge on any atom is -1.00 e. The molecule has 0 nitrogen and oxygen atoms in total. The second-order valence-electron chi connectivity index (χ2n) is 13.1. The van der Waals surface area contributed by atoms with Crippen LogP contribution in [0.25, 0.3) is 11.1 Å². The number of benzene rings is 4. The Morgan fingerprint density at radius 1 is 0.756 bits per heavy atom. The Kier molecular flexibility index (Phi) is 15.2. The van der Waals surface area contributed by atoms with Gasteiger partial charge in [0.05, 0.1) is 0 Å². The average molecular weight is 713 g/mol. The van der Waals surface area contributed by atoms with Crippen LogP contribution < -0.4 is 24.8 Å². The number of halogens is 2. The maximum atomic E-state index is 3.45. The van der Waals surface area contributed by atoms with E-state index in [4.69, 9.17) is 0 Å². The molecule has 0 aliphatic heterocycles. The van der Waals surface area contributed by atoms with E-state index in [1.54, 1.807) is 0 Å². The third-order valence-corrected chi connectivity index (χ3v) is 9.49. The van der Waals surface area contributed by atoms with Crippen LogP contribution in [0, 0.1) is 51.2 Å². The van der Waals surface area contributed by atoms with Gasteiger partial charge in [0.15, 0.2) is 0 Å². The summed E-state index contributed by atoms with van der Waals surface area (Å²) in [6.45, 7) is 17.5. The topological polar surface area (TPSA) is 0 Å². The predicted octanol–water partition coefficient (Wildman–Crippen LogP) is 4.85. The molecule has 2 aliphatic carbocycles. The third kappa shape index (κ3) is 10.9. The molecule has 0 bridgehead atoms. The molecule has 0 fully saturated rings. The van der Waals surface area contributed by atoms with Crippen molar-refractivity contribution in [3.05, 3.63) is 153 Å². The molecule has 4 aromatic rings. The summed E-state index contributed by atoms with van der Waals surface area (Å²) in [5.74, 6) is 0.587. The van der Waals surface area contributed by atoms with Crippen LogP contribution >= 0.6 is 0 Å². The van der Waals surface area contributed by atoms with Crippen molar-refractivity contribution in [2.75, 3.05) is 0 Å². The van der Waals surface area contributed by atoms with E-state index in [-0.39, 0.29) is 24.8 Å². The summed E-state index contributed by atoms with van der Waals surface area (Å²) in [6, 6.07) is 32.1. The van der Waals surface area contributed by atoms with Gasteiger partial charge in [0.1, 0.15) is 0 Å². The number of hydrogen-bond acceptors (Lipinski definition) is 0. The van der Waals surface area contributed by atoms with Crippen LogP contribution in [0.3, 0.4) is 0 Å². The molecular formula is C42H46Cl2Zr-2. The van der Waals surface area contributed by atoms with Crippen LogP contribution in [0.2, 0.25) is 0 Å². The first-order valence-electron chi connectivity index (χ1n) is 15.6. The van der Waals surface area contributed by atoms with E-state index < -0.39 is 0 Å². The summed E-state index contributed by atoms with van der Waals surface area (Å²) in [7, 11) is 0. The molecule has 0 amide bonds. The second kappa shape index (κ2) is 17.6. The fourth-order valence-electron chi connectivity index (χ4n) is 5.43. The van der Waals surface area contributed by atoms with Crippen molar-refractivity contribution >= 4 is 3.21 Å². The number of aryl methyl sites for hydroxylation is 4. The zero-order valence-corrected chi connectivity index (χ0v) is 32.1. The van der Waals surface area contributed by atoms with Gasteiger partial charge in [0.25, 0.3) is 0 Å². The first kappa shape index (κ1) is 38.9. The van der Waals surface area contributed by atoms with Crippen molar-refractivity contribution in [3.8, 4) is 11.1 Å². The van der Waals surface area contributed by atoms with Gasteiger partial charge in [-0.2, -0.15) is 35.4 Å². The standard InChI is InChI=1S/C15H13.C15H14.C12H19.2ClH.Zr/c1-10-3-5-14-12(7-10)9-13-8-11(2)4-6-15(13)14;1-12-3-7-14(8-4-12)11-15-9-5-13(2)6-10-15;1-5-6-10-7-8-11(9-10)12(2,3)4;;;/h3-7H,9H2,1-2H3;3-10H,1-2H3;8-10H,5-6H2,1-4H3;2*1H;/q-1;;-1;;;+2/p-2. The van der Waals surface area contributed by atoms with Crippen LogP contribution in [0.15, 0.2) is 96.6 Å². The van der Waals surface area contributed by atoms with E-state index in [9.17, 15) is 0 Å². The van der Waals surface area contributed by atoms with Crippen molar-refractivity contribution in [2.24, 2.45) is 11.3 Å². The molecule has 1 atom stereocenters. The van der Waals surface area contributed by atoms with Crippen LogP contribution in [0.4, 0.5) is 0 Å². The molecule has 0 aromatic heterocycles. The van der Waals surface area contributed by atoms with Gasteiger partial charge in [0.2, 0.25) is 0 Å². The van der Waals surface area contributed by atoms with Crippen molar-refractivity contribution in [1.82, 2.24) is 0 Å². The molecule has 0 saturated heterocycles. The minimum absolute atomic E-state index is 0. The molecule has 0 spiro atoms. The summed E-state index contributed by atoms with van der Waals surface area (Å²) in [4.78, 5) is 0. The molecular weight excluding hydrogens is 667 g/mol. The Morgan fingerprint density at radius 2 is 1.29 bits per heavy atom. The minimum atomic E-state index is 0. The van der Waals surface area contributed by atoms with Gasteiger partial charge in [0, 0.05) is 0 Å².